The van der Waals surface area contributed by atoms with Gasteiger partial charge in [0.15, 0.2) is 5.76 Å². The molecule has 1 heterocycles. The average molecular weight is 304 g/mol. The SMILES string of the molecule is CC(NC(=O)c1ccc([N+](=O)[O-])o1)C(O)Cc1ccccc1. The van der Waals surface area contributed by atoms with E-state index in [4.69, 9.17) is 4.42 Å². The Labute approximate surface area is 126 Å². The smallest absolute Gasteiger partial charge is 0.395 e. The van der Waals surface area contributed by atoms with Gasteiger partial charge in [0.05, 0.1) is 18.2 Å². The summed E-state index contributed by atoms with van der Waals surface area (Å²) >= 11 is 0. The van der Waals surface area contributed by atoms with Crippen molar-refractivity contribution in [3.8, 4) is 0 Å². The summed E-state index contributed by atoms with van der Waals surface area (Å²) < 4.78 is 4.81. The second kappa shape index (κ2) is 6.86. The molecule has 1 amide bonds. The number of amides is 1. The Hall–Kier alpha value is -2.67. The molecule has 7 heteroatoms. The molecule has 2 N–H and O–H groups in total. The maximum absolute atomic E-state index is 11.9. The fourth-order valence-electron chi connectivity index (χ4n) is 1.95. The third-order valence-electron chi connectivity index (χ3n) is 3.22. The van der Waals surface area contributed by atoms with Crippen molar-refractivity contribution in [2.75, 3.05) is 0 Å². The molecule has 0 aliphatic rings. The van der Waals surface area contributed by atoms with Crippen LogP contribution >= 0.6 is 0 Å². The van der Waals surface area contributed by atoms with E-state index in [1.54, 1.807) is 6.92 Å². The van der Waals surface area contributed by atoms with E-state index in [9.17, 15) is 20.0 Å². The first kappa shape index (κ1) is 15.7. The zero-order valence-electron chi connectivity index (χ0n) is 11.9. The summed E-state index contributed by atoms with van der Waals surface area (Å²) in [5.74, 6) is -1.26. The van der Waals surface area contributed by atoms with Gasteiger partial charge in [0.25, 0.3) is 5.91 Å². The van der Waals surface area contributed by atoms with Gasteiger partial charge in [-0.15, -0.1) is 0 Å². The fourth-order valence-corrected chi connectivity index (χ4v) is 1.95. The number of hydrogen-bond donors (Lipinski definition) is 2. The van der Waals surface area contributed by atoms with E-state index in [0.29, 0.717) is 6.42 Å². The molecule has 0 radical (unpaired) electrons. The van der Waals surface area contributed by atoms with E-state index in [-0.39, 0.29) is 5.76 Å². The zero-order chi connectivity index (χ0) is 16.1. The van der Waals surface area contributed by atoms with Gasteiger partial charge in [-0.1, -0.05) is 30.3 Å². The molecule has 1 aromatic carbocycles. The highest BCUT2D eigenvalue weighted by Crippen LogP contribution is 2.16. The molecule has 0 saturated carbocycles. The molecular weight excluding hydrogens is 288 g/mol. The molecule has 116 valence electrons. The normalized spacial score (nSPS) is 13.4. The van der Waals surface area contributed by atoms with Crippen LogP contribution in [0, 0.1) is 10.1 Å². The van der Waals surface area contributed by atoms with Crippen LogP contribution in [0.2, 0.25) is 0 Å². The molecule has 0 bridgehead atoms. The van der Waals surface area contributed by atoms with Gasteiger partial charge in [0.2, 0.25) is 0 Å². The monoisotopic (exact) mass is 304 g/mol. The highest BCUT2D eigenvalue weighted by Gasteiger charge is 2.21. The maximum Gasteiger partial charge on any atom is 0.433 e. The number of hydrogen-bond acceptors (Lipinski definition) is 5. The minimum Gasteiger partial charge on any atom is -0.395 e. The maximum atomic E-state index is 11.9. The Morgan fingerprint density at radius 3 is 2.59 bits per heavy atom. The molecule has 0 spiro atoms. The Balaban J connectivity index is 1.93. The van der Waals surface area contributed by atoms with Crippen LogP contribution in [0.1, 0.15) is 23.0 Å². The summed E-state index contributed by atoms with van der Waals surface area (Å²) in [5.41, 5.74) is 0.949. The second-order valence-electron chi connectivity index (χ2n) is 4.91. The third-order valence-corrected chi connectivity index (χ3v) is 3.22. The molecule has 0 aliphatic carbocycles. The molecule has 2 aromatic rings. The number of nitro groups is 1. The first-order valence-electron chi connectivity index (χ1n) is 6.74. The van der Waals surface area contributed by atoms with Crippen LogP contribution in [0.3, 0.4) is 0 Å². The number of furan rings is 1. The summed E-state index contributed by atoms with van der Waals surface area (Å²) in [6, 6.07) is 11.2. The van der Waals surface area contributed by atoms with Crippen molar-refractivity contribution in [3.63, 3.8) is 0 Å². The van der Waals surface area contributed by atoms with Crippen molar-refractivity contribution in [2.24, 2.45) is 0 Å². The van der Waals surface area contributed by atoms with Crippen molar-refractivity contribution in [3.05, 3.63) is 63.9 Å². The summed E-state index contributed by atoms with van der Waals surface area (Å²) in [6.45, 7) is 1.66. The van der Waals surface area contributed by atoms with Gasteiger partial charge >= 0.3 is 5.88 Å². The number of nitrogens with one attached hydrogen (secondary N) is 1. The molecule has 2 rings (SSSR count). The highest BCUT2D eigenvalue weighted by atomic mass is 16.6. The first-order chi connectivity index (χ1) is 10.5. The van der Waals surface area contributed by atoms with E-state index in [1.807, 2.05) is 30.3 Å². The predicted octanol–water partition coefficient (Wildman–Crippen LogP) is 1.91. The number of aliphatic hydroxyl groups is 1. The largest absolute Gasteiger partial charge is 0.433 e. The predicted molar refractivity (Wildman–Crippen MR) is 78.4 cm³/mol. The van der Waals surface area contributed by atoms with E-state index in [2.05, 4.69) is 5.32 Å². The van der Waals surface area contributed by atoms with Crippen molar-refractivity contribution in [1.29, 1.82) is 0 Å². The third kappa shape index (κ3) is 3.92. The van der Waals surface area contributed by atoms with Crippen LogP contribution in [0.15, 0.2) is 46.9 Å². The van der Waals surface area contributed by atoms with Crippen molar-refractivity contribution in [1.82, 2.24) is 5.32 Å². The lowest BCUT2D eigenvalue weighted by Gasteiger charge is -2.19. The molecule has 22 heavy (non-hydrogen) atoms. The zero-order valence-corrected chi connectivity index (χ0v) is 11.9. The molecule has 7 nitrogen and oxygen atoms in total. The Morgan fingerprint density at radius 1 is 1.32 bits per heavy atom. The molecule has 0 fully saturated rings. The van der Waals surface area contributed by atoms with Crippen molar-refractivity contribution >= 4 is 11.8 Å². The van der Waals surface area contributed by atoms with Crippen LogP contribution in [-0.2, 0) is 6.42 Å². The summed E-state index contributed by atoms with van der Waals surface area (Å²) in [7, 11) is 0. The van der Waals surface area contributed by atoms with Crippen LogP contribution in [0.5, 0.6) is 0 Å². The quantitative estimate of drug-likeness (QED) is 0.626. The Bertz CT molecular complexity index is 653. The van der Waals surface area contributed by atoms with Crippen LogP contribution < -0.4 is 5.32 Å². The number of rotatable bonds is 6. The second-order valence-corrected chi connectivity index (χ2v) is 4.91. The van der Waals surface area contributed by atoms with Gasteiger partial charge in [0, 0.05) is 6.42 Å². The van der Waals surface area contributed by atoms with Crippen molar-refractivity contribution < 1.29 is 19.2 Å². The lowest BCUT2D eigenvalue weighted by molar-refractivity contribution is -0.402. The summed E-state index contributed by atoms with van der Waals surface area (Å²) in [5, 5.41) is 23.2. The molecule has 2 atom stereocenters. The van der Waals surface area contributed by atoms with E-state index >= 15 is 0 Å². The summed E-state index contributed by atoms with van der Waals surface area (Å²) in [4.78, 5) is 21.7. The lowest BCUT2D eigenvalue weighted by atomic mass is 10.0. The average Bonchev–Trinajstić information content (AvgIpc) is 2.98. The van der Waals surface area contributed by atoms with Gasteiger partial charge in [0.1, 0.15) is 4.92 Å². The van der Waals surface area contributed by atoms with Gasteiger partial charge in [-0.25, -0.2) is 0 Å². The fraction of sp³-hybridized carbons (Fsp3) is 0.267. The number of aliphatic hydroxyl groups excluding tert-OH is 1. The minimum atomic E-state index is -0.781. The molecular formula is C15H16N2O5. The van der Waals surface area contributed by atoms with Gasteiger partial charge in [-0.2, -0.15) is 0 Å². The van der Waals surface area contributed by atoms with Crippen LogP contribution in [-0.4, -0.2) is 28.1 Å². The lowest BCUT2D eigenvalue weighted by Crippen LogP contribution is -2.42. The minimum absolute atomic E-state index is 0.162. The highest BCUT2D eigenvalue weighted by molar-refractivity contribution is 5.91. The topological polar surface area (TPSA) is 106 Å². The number of carbonyl (C=O) groups excluding carboxylic acids is 1. The van der Waals surface area contributed by atoms with Gasteiger partial charge in [-0.05, 0) is 18.6 Å². The summed E-state index contributed by atoms with van der Waals surface area (Å²) in [6.07, 6.45) is -0.392. The number of nitrogens with zero attached hydrogens (tertiary/aromatic N) is 1. The number of benzene rings is 1. The molecule has 1 aromatic heterocycles. The van der Waals surface area contributed by atoms with Gasteiger partial charge < -0.3 is 14.8 Å². The first-order valence-corrected chi connectivity index (χ1v) is 6.74. The Morgan fingerprint density at radius 2 is 2.00 bits per heavy atom. The van der Waals surface area contributed by atoms with E-state index < -0.39 is 28.9 Å². The molecule has 0 aliphatic heterocycles. The molecule has 2 unspecified atom stereocenters. The number of carbonyl (C=O) groups is 1. The van der Waals surface area contributed by atoms with Crippen LogP contribution in [0.25, 0.3) is 0 Å². The molecule has 0 saturated heterocycles. The standard InChI is InChI=1S/C15H16N2O5/c1-10(12(18)9-11-5-3-2-4-6-11)16-15(19)13-7-8-14(22-13)17(20)21/h2-8,10,12,18H,9H2,1H3,(H,16,19). The van der Waals surface area contributed by atoms with Crippen LogP contribution in [0.4, 0.5) is 5.88 Å². The van der Waals surface area contributed by atoms with Crippen molar-refractivity contribution in [2.45, 2.75) is 25.5 Å². The van der Waals surface area contributed by atoms with E-state index in [1.165, 1.54) is 6.07 Å². The van der Waals surface area contributed by atoms with Gasteiger partial charge in [-0.3, -0.25) is 14.9 Å². The Kier molecular flexibility index (Phi) is 4.90. The van der Waals surface area contributed by atoms with E-state index in [0.717, 1.165) is 11.6 Å².